The number of nitrogens with one attached hydrogen (secondary N) is 2. The molecule has 0 atom stereocenters. The van der Waals surface area contributed by atoms with Crippen LogP contribution in [0.3, 0.4) is 0 Å². The van der Waals surface area contributed by atoms with Crippen molar-refractivity contribution in [3.05, 3.63) is 12.0 Å². The Morgan fingerprint density at radius 1 is 1.77 bits per heavy atom. The third-order valence-corrected chi connectivity index (χ3v) is 1.99. The van der Waals surface area contributed by atoms with Crippen molar-refractivity contribution in [3.8, 4) is 0 Å². The summed E-state index contributed by atoms with van der Waals surface area (Å²) < 4.78 is 1.95. The van der Waals surface area contributed by atoms with Crippen LogP contribution in [0.4, 0.5) is 10.6 Å². The first-order chi connectivity index (χ1) is 6.27. The van der Waals surface area contributed by atoms with Crippen LogP contribution in [0.25, 0.3) is 0 Å². The highest BCUT2D eigenvalue weighted by molar-refractivity contribution is 5.82. The Kier molecular flexibility index (Phi) is 1.90. The van der Waals surface area contributed by atoms with E-state index in [1.54, 1.807) is 6.33 Å². The molecule has 2 heterocycles. The normalized spacial score (nSPS) is 15.1. The van der Waals surface area contributed by atoms with Gasteiger partial charge < -0.3 is 15.0 Å². The number of hydrogen-bond donors (Lipinski definition) is 3. The van der Waals surface area contributed by atoms with Gasteiger partial charge in [-0.2, -0.15) is 0 Å². The molecule has 3 N–H and O–H groups in total. The predicted molar refractivity (Wildman–Crippen MR) is 45.6 cm³/mol. The molecule has 6 heteroatoms. The van der Waals surface area contributed by atoms with Crippen LogP contribution in [-0.4, -0.2) is 27.3 Å². The Morgan fingerprint density at radius 3 is 3.38 bits per heavy atom. The van der Waals surface area contributed by atoms with Crippen LogP contribution < -0.4 is 10.6 Å². The van der Waals surface area contributed by atoms with Gasteiger partial charge in [0.25, 0.3) is 0 Å². The smallest absolute Gasteiger partial charge is 0.410 e. The van der Waals surface area contributed by atoms with E-state index in [0.29, 0.717) is 12.4 Å². The second-order valence-corrected chi connectivity index (χ2v) is 2.84. The number of imidazole rings is 1. The number of anilines is 1. The van der Waals surface area contributed by atoms with E-state index < -0.39 is 6.09 Å². The predicted octanol–water partition coefficient (Wildman–Crippen LogP) is 0.0762. The maximum Gasteiger partial charge on any atom is 0.410 e. The number of aromatic nitrogens is 2. The van der Waals surface area contributed by atoms with Gasteiger partial charge in [0.2, 0.25) is 0 Å². The van der Waals surface area contributed by atoms with Crippen molar-refractivity contribution in [2.45, 2.75) is 13.1 Å². The van der Waals surface area contributed by atoms with Gasteiger partial charge in [0.15, 0.2) is 5.82 Å². The highest BCUT2D eigenvalue weighted by atomic mass is 16.4. The van der Waals surface area contributed by atoms with Crippen LogP contribution in [0, 0.1) is 0 Å². The van der Waals surface area contributed by atoms with Gasteiger partial charge in [-0.3, -0.25) is 5.32 Å². The summed E-state index contributed by atoms with van der Waals surface area (Å²) in [6.07, 6.45) is 0.577. The van der Waals surface area contributed by atoms with Gasteiger partial charge in [0.1, 0.15) is 0 Å². The molecule has 0 fully saturated rings. The van der Waals surface area contributed by atoms with Crippen molar-refractivity contribution < 1.29 is 9.90 Å². The van der Waals surface area contributed by atoms with Crippen molar-refractivity contribution in [2.24, 2.45) is 0 Å². The molecule has 2 rings (SSSR count). The number of nitrogens with zero attached hydrogens (tertiary/aromatic N) is 2. The molecule has 70 valence electrons. The molecule has 6 nitrogen and oxygen atoms in total. The standard InChI is InChI=1S/C7H10N4O2/c12-7(13)10-6-5-3-8-1-2-11(5)4-9-6/h4,8,10H,1-3H2,(H,12,13). The highest BCUT2D eigenvalue weighted by Crippen LogP contribution is 2.15. The van der Waals surface area contributed by atoms with E-state index in [1.807, 2.05) is 4.57 Å². The summed E-state index contributed by atoms with van der Waals surface area (Å²) in [7, 11) is 0. The molecule has 0 unspecified atom stereocenters. The van der Waals surface area contributed by atoms with Gasteiger partial charge in [0, 0.05) is 19.6 Å². The van der Waals surface area contributed by atoms with E-state index in [2.05, 4.69) is 15.6 Å². The van der Waals surface area contributed by atoms with Gasteiger partial charge in [-0.1, -0.05) is 0 Å². The van der Waals surface area contributed by atoms with Crippen molar-refractivity contribution in [1.29, 1.82) is 0 Å². The number of carboxylic acid groups (broad SMARTS) is 1. The van der Waals surface area contributed by atoms with Crippen LogP contribution in [0.15, 0.2) is 6.33 Å². The van der Waals surface area contributed by atoms with Crippen LogP contribution >= 0.6 is 0 Å². The molecule has 0 aromatic carbocycles. The van der Waals surface area contributed by atoms with Crippen molar-refractivity contribution in [2.75, 3.05) is 11.9 Å². The van der Waals surface area contributed by atoms with E-state index in [4.69, 9.17) is 5.11 Å². The molecule has 13 heavy (non-hydrogen) atoms. The molecule has 1 aliphatic rings. The van der Waals surface area contributed by atoms with E-state index in [9.17, 15) is 4.79 Å². The van der Waals surface area contributed by atoms with Gasteiger partial charge in [-0.05, 0) is 0 Å². The van der Waals surface area contributed by atoms with E-state index in [-0.39, 0.29) is 0 Å². The first kappa shape index (κ1) is 8.06. The third kappa shape index (κ3) is 1.48. The number of carbonyl (C=O) groups is 1. The fraction of sp³-hybridized carbons (Fsp3) is 0.429. The largest absolute Gasteiger partial charge is 0.465 e. The lowest BCUT2D eigenvalue weighted by molar-refractivity contribution is 0.209. The molecule has 1 aliphatic heterocycles. The second-order valence-electron chi connectivity index (χ2n) is 2.84. The molecule has 1 aromatic heterocycles. The topological polar surface area (TPSA) is 79.2 Å². The van der Waals surface area contributed by atoms with Gasteiger partial charge >= 0.3 is 6.09 Å². The summed E-state index contributed by atoms with van der Waals surface area (Å²) >= 11 is 0. The molecule has 0 radical (unpaired) electrons. The van der Waals surface area contributed by atoms with Crippen molar-refractivity contribution >= 4 is 11.9 Å². The average molecular weight is 182 g/mol. The molecule has 0 bridgehead atoms. The lowest BCUT2D eigenvalue weighted by Crippen LogP contribution is -2.28. The fourth-order valence-electron chi connectivity index (χ4n) is 1.40. The lowest BCUT2D eigenvalue weighted by Gasteiger charge is -2.16. The number of rotatable bonds is 1. The summed E-state index contributed by atoms with van der Waals surface area (Å²) in [6, 6.07) is 0. The van der Waals surface area contributed by atoms with Crippen molar-refractivity contribution in [3.63, 3.8) is 0 Å². The van der Waals surface area contributed by atoms with E-state index in [0.717, 1.165) is 18.8 Å². The molecule has 1 amide bonds. The van der Waals surface area contributed by atoms with Crippen LogP contribution in [0.5, 0.6) is 0 Å². The fourth-order valence-corrected chi connectivity index (χ4v) is 1.40. The first-order valence-electron chi connectivity index (χ1n) is 4.02. The maximum atomic E-state index is 10.4. The molecule has 1 aromatic rings. The number of hydrogen-bond acceptors (Lipinski definition) is 3. The summed E-state index contributed by atoms with van der Waals surface area (Å²) in [5.41, 5.74) is 0.897. The zero-order chi connectivity index (χ0) is 9.26. The first-order valence-corrected chi connectivity index (χ1v) is 4.02. The monoisotopic (exact) mass is 182 g/mol. The minimum Gasteiger partial charge on any atom is -0.465 e. The zero-order valence-electron chi connectivity index (χ0n) is 6.95. The summed E-state index contributed by atoms with van der Waals surface area (Å²) in [4.78, 5) is 14.3. The molecule has 0 spiro atoms. The highest BCUT2D eigenvalue weighted by Gasteiger charge is 2.15. The Hall–Kier alpha value is -1.56. The minimum atomic E-state index is -1.08. The summed E-state index contributed by atoms with van der Waals surface area (Å²) in [5.74, 6) is 0.430. The van der Waals surface area contributed by atoms with Crippen molar-refractivity contribution in [1.82, 2.24) is 14.9 Å². The summed E-state index contributed by atoms with van der Waals surface area (Å²) in [5, 5.41) is 13.9. The lowest BCUT2D eigenvalue weighted by atomic mass is 10.3. The van der Waals surface area contributed by atoms with Crippen LogP contribution in [0.1, 0.15) is 5.69 Å². The van der Waals surface area contributed by atoms with Crippen LogP contribution in [-0.2, 0) is 13.1 Å². The van der Waals surface area contributed by atoms with E-state index in [1.165, 1.54) is 0 Å². The minimum absolute atomic E-state index is 0.430. The maximum absolute atomic E-state index is 10.4. The Labute approximate surface area is 74.6 Å². The van der Waals surface area contributed by atoms with Gasteiger partial charge in [-0.25, -0.2) is 9.78 Å². The number of amides is 1. The summed E-state index contributed by atoms with van der Waals surface area (Å²) in [6.45, 7) is 2.40. The van der Waals surface area contributed by atoms with Gasteiger partial charge in [0.05, 0.1) is 12.0 Å². The average Bonchev–Trinajstić information content (AvgIpc) is 2.48. The molecule has 0 saturated heterocycles. The molecular weight excluding hydrogens is 172 g/mol. The second kappa shape index (κ2) is 3.06. The third-order valence-electron chi connectivity index (χ3n) is 1.99. The quantitative estimate of drug-likeness (QED) is 0.574. The Morgan fingerprint density at radius 2 is 2.62 bits per heavy atom. The molecule has 0 saturated carbocycles. The van der Waals surface area contributed by atoms with E-state index >= 15 is 0 Å². The zero-order valence-corrected chi connectivity index (χ0v) is 6.95. The Balaban J connectivity index is 2.26. The number of fused-ring (bicyclic) bond motifs is 1. The van der Waals surface area contributed by atoms with Gasteiger partial charge in [-0.15, -0.1) is 0 Å². The van der Waals surface area contributed by atoms with Crippen LogP contribution in [0.2, 0.25) is 0 Å². The SMILES string of the molecule is O=C(O)Nc1ncn2c1CNCC2. The molecular formula is C7H10N4O2. The molecule has 0 aliphatic carbocycles. The Bertz CT molecular complexity index is 333.